The SMILES string of the molecule is Cc1cc(F)c(C=CCCBr)cc1N. The Morgan fingerprint density at radius 2 is 2.21 bits per heavy atom. The second kappa shape index (κ2) is 5.15. The van der Waals surface area contributed by atoms with E-state index in [1.807, 2.05) is 6.08 Å². The zero-order valence-electron chi connectivity index (χ0n) is 8.06. The largest absolute Gasteiger partial charge is 0.398 e. The Labute approximate surface area is 91.9 Å². The van der Waals surface area contributed by atoms with E-state index in [-0.39, 0.29) is 5.82 Å². The first-order valence-electron chi connectivity index (χ1n) is 4.43. The molecule has 0 unspecified atom stereocenters. The lowest BCUT2D eigenvalue weighted by Gasteiger charge is -2.02. The standard InChI is InChI=1S/C11H13BrFN/c1-8-6-10(13)9(7-11(8)14)4-2-3-5-12/h2,4,6-7H,3,5,14H2,1H3. The Bertz CT molecular complexity index is 347. The summed E-state index contributed by atoms with van der Waals surface area (Å²) >= 11 is 3.30. The van der Waals surface area contributed by atoms with E-state index < -0.39 is 0 Å². The van der Waals surface area contributed by atoms with Crippen LogP contribution in [0.4, 0.5) is 10.1 Å². The average Bonchev–Trinajstić information content (AvgIpc) is 2.14. The van der Waals surface area contributed by atoms with Crippen molar-refractivity contribution in [3.8, 4) is 0 Å². The van der Waals surface area contributed by atoms with E-state index in [1.54, 1.807) is 19.1 Å². The fourth-order valence-electron chi connectivity index (χ4n) is 1.11. The highest BCUT2D eigenvalue weighted by molar-refractivity contribution is 9.09. The summed E-state index contributed by atoms with van der Waals surface area (Å²) in [6, 6.07) is 3.12. The Hall–Kier alpha value is -0.830. The van der Waals surface area contributed by atoms with Crippen LogP contribution in [0.15, 0.2) is 18.2 Å². The van der Waals surface area contributed by atoms with E-state index in [0.29, 0.717) is 11.3 Å². The van der Waals surface area contributed by atoms with Gasteiger partial charge in [0.2, 0.25) is 0 Å². The monoisotopic (exact) mass is 257 g/mol. The number of halogens is 2. The Morgan fingerprint density at radius 1 is 1.50 bits per heavy atom. The molecule has 0 amide bonds. The molecule has 0 saturated carbocycles. The highest BCUT2D eigenvalue weighted by Gasteiger charge is 2.01. The quantitative estimate of drug-likeness (QED) is 0.651. The molecule has 0 atom stereocenters. The lowest BCUT2D eigenvalue weighted by molar-refractivity contribution is 0.624. The van der Waals surface area contributed by atoms with Crippen molar-refractivity contribution in [3.05, 3.63) is 35.2 Å². The van der Waals surface area contributed by atoms with Crippen LogP contribution in [0.25, 0.3) is 6.08 Å². The van der Waals surface area contributed by atoms with Crippen LogP contribution in [0.1, 0.15) is 17.5 Å². The summed E-state index contributed by atoms with van der Waals surface area (Å²) in [6.07, 6.45) is 4.56. The van der Waals surface area contributed by atoms with Gasteiger partial charge in [0, 0.05) is 16.6 Å². The molecule has 2 N–H and O–H groups in total. The van der Waals surface area contributed by atoms with Gasteiger partial charge in [0.05, 0.1) is 0 Å². The zero-order chi connectivity index (χ0) is 10.6. The number of allylic oxidation sites excluding steroid dienone is 1. The summed E-state index contributed by atoms with van der Waals surface area (Å²) < 4.78 is 13.3. The third-order valence-electron chi connectivity index (χ3n) is 1.96. The zero-order valence-corrected chi connectivity index (χ0v) is 9.64. The molecule has 0 heterocycles. The van der Waals surface area contributed by atoms with Crippen molar-refractivity contribution in [2.45, 2.75) is 13.3 Å². The van der Waals surface area contributed by atoms with Crippen LogP contribution in [0, 0.1) is 12.7 Å². The second-order valence-corrected chi connectivity index (χ2v) is 3.90. The molecule has 1 rings (SSSR count). The molecule has 0 fully saturated rings. The van der Waals surface area contributed by atoms with Crippen molar-refractivity contribution >= 4 is 27.7 Å². The molecule has 0 saturated heterocycles. The molecule has 0 aliphatic carbocycles. The van der Waals surface area contributed by atoms with Crippen molar-refractivity contribution in [1.82, 2.24) is 0 Å². The number of hydrogen-bond acceptors (Lipinski definition) is 1. The smallest absolute Gasteiger partial charge is 0.130 e. The number of nitrogen functional groups attached to an aromatic ring is 1. The van der Waals surface area contributed by atoms with Crippen molar-refractivity contribution in [2.24, 2.45) is 0 Å². The van der Waals surface area contributed by atoms with Crippen LogP contribution in [0.2, 0.25) is 0 Å². The van der Waals surface area contributed by atoms with Crippen LogP contribution in [0.3, 0.4) is 0 Å². The first-order valence-corrected chi connectivity index (χ1v) is 5.55. The summed E-state index contributed by atoms with van der Waals surface area (Å²) in [4.78, 5) is 0. The fraction of sp³-hybridized carbons (Fsp3) is 0.273. The molecule has 1 aromatic carbocycles. The average molecular weight is 258 g/mol. The van der Waals surface area contributed by atoms with E-state index in [9.17, 15) is 4.39 Å². The van der Waals surface area contributed by atoms with E-state index >= 15 is 0 Å². The van der Waals surface area contributed by atoms with E-state index in [0.717, 1.165) is 17.3 Å². The lowest BCUT2D eigenvalue weighted by Crippen LogP contribution is -1.93. The Balaban J connectivity index is 2.92. The number of hydrogen-bond donors (Lipinski definition) is 1. The lowest BCUT2D eigenvalue weighted by atomic mass is 10.1. The normalized spacial score (nSPS) is 11.1. The molecule has 76 valence electrons. The van der Waals surface area contributed by atoms with E-state index in [2.05, 4.69) is 15.9 Å². The number of benzene rings is 1. The Morgan fingerprint density at radius 3 is 2.86 bits per heavy atom. The van der Waals surface area contributed by atoms with Gasteiger partial charge in [-0.25, -0.2) is 4.39 Å². The number of anilines is 1. The van der Waals surface area contributed by atoms with Gasteiger partial charge >= 0.3 is 0 Å². The first-order chi connectivity index (χ1) is 6.65. The number of rotatable bonds is 3. The highest BCUT2D eigenvalue weighted by atomic mass is 79.9. The fourth-order valence-corrected chi connectivity index (χ4v) is 1.37. The van der Waals surface area contributed by atoms with E-state index in [4.69, 9.17) is 5.73 Å². The maximum Gasteiger partial charge on any atom is 0.130 e. The van der Waals surface area contributed by atoms with Crippen LogP contribution < -0.4 is 5.73 Å². The summed E-state index contributed by atoms with van der Waals surface area (Å²) in [7, 11) is 0. The van der Waals surface area contributed by atoms with Gasteiger partial charge in [-0.05, 0) is 31.0 Å². The molecule has 14 heavy (non-hydrogen) atoms. The van der Waals surface area contributed by atoms with Gasteiger partial charge in [-0.1, -0.05) is 28.1 Å². The molecule has 3 heteroatoms. The third kappa shape index (κ3) is 2.84. The highest BCUT2D eigenvalue weighted by Crippen LogP contribution is 2.18. The summed E-state index contributed by atoms with van der Waals surface area (Å²) in [5, 5.41) is 0.881. The van der Waals surface area contributed by atoms with Crippen LogP contribution in [-0.4, -0.2) is 5.33 Å². The second-order valence-electron chi connectivity index (χ2n) is 3.11. The number of aryl methyl sites for hydroxylation is 1. The summed E-state index contributed by atoms with van der Waals surface area (Å²) in [5.41, 5.74) is 7.64. The van der Waals surface area contributed by atoms with Crippen LogP contribution in [-0.2, 0) is 0 Å². The molecule has 0 spiro atoms. The van der Waals surface area contributed by atoms with Gasteiger partial charge in [0.15, 0.2) is 0 Å². The predicted octanol–water partition coefficient (Wildman–Crippen LogP) is 3.51. The van der Waals surface area contributed by atoms with Gasteiger partial charge in [-0.15, -0.1) is 0 Å². The molecule has 0 aliphatic rings. The molecule has 0 bridgehead atoms. The van der Waals surface area contributed by atoms with Gasteiger partial charge in [-0.3, -0.25) is 0 Å². The Kier molecular flexibility index (Phi) is 4.14. The molecular formula is C11H13BrFN. The topological polar surface area (TPSA) is 26.0 Å². The van der Waals surface area contributed by atoms with Crippen molar-refractivity contribution in [2.75, 3.05) is 11.1 Å². The minimum absolute atomic E-state index is 0.220. The maximum absolute atomic E-state index is 13.3. The minimum Gasteiger partial charge on any atom is -0.398 e. The number of nitrogens with two attached hydrogens (primary N) is 1. The maximum atomic E-state index is 13.3. The van der Waals surface area contributed by atoms with E-state index in [1.165, 1.54) is 6.07 Å². The summed E-state index contributed by atoms with van der Waals surface area (Å²) in [6.45, 7) is 1.80. The number of alkyl halides is 1. The van der Waals surface area contributed by atoms with Gasteiger partial charge in [-0.2, -0.15) is 0 Å². The van der Waals surface area contributed by atoms with Crippen molar-refractivity contribution in [3.63, 3.8) is 0 Å². The summed E-state index contributed by atoms with van der Waals surface area (Å²) in [5.74, 6) is -0.220. The predicted molar refractivity (Wildman–Crippen MR) is 63.0 cm³/mol. The first kappa shape index (κ1) is 11.2. The molecule has 1 aromatic rings. The van der Waals surface area contributed by atoms with Gasteiger partial charge < -0.3 is 5.73 Å². The van der Waals surface area contributed by atoms with Crippen LogP contribution >= 0.6 is 15.9 Å². The molecule has 1 nitrogen and oxygen atoms in total. The molecule has 0 aromatic heterocycles. The minimum atomic E-state index is -0.220. The van der Waals surface area contributed by atoms with Crippen molar-refractivity contribution in [1.29, 1.82) is 0 Å². The van der Waals surface area contributed by atoms with Crippen LogP contribution in [0.5, 0.6) is 0 Å². The molecular weight excluding hydrogens is 245 g/mol. The third-order valence-corrected chi connectivity index (χ3v) is 2.42. The molecule has 0 aliphatic heterocycles. The molecule has 0 radical (unpaired) electrons. The van der Waals surface area contributed by atoms with Gasteiger partial charge in [0.25, 0.3) is 0 Å². The van der Waals surface area contributed by atoms with Gasteiger partial charge in [0.1, 0.15) is 5.82 Å². The van der Waals surface area contributed by atoms with Crippen molar-refractivity contribution < 1.29 is 4.39 Å².